The summed E-state index contributed by atoms with van der Waals surface area (Å²) in [7, 11) is 1.66. The average molecular weight is 335 g/mol. The fourth-order valence-electron chi connectivity index (χ4n) is 3.19. The quantitative estimate of drug-likeness (QED) is 0.751. The van der Waals surface area contributed by atoms with Crippen molar-refractivity contribution in [1.29, 1.82) is 0 Å². The molecule has 0 amide bonds. The van der Waals surface area contributed by atoms with E-state index in [9.17, 15) is 0 Å². The van der Waals surface area contributed by atoms with Gasteiger partial charge in [-0.3, -0.25) is 5.10 Å². The first-order valence-electron chi connectivity index (χ1n) is 8.47. The number of para-hydroxylation sites is 1. The van der Waals surface area contributed by atoms with Crippen LogP contribution in [-0.2, 0) is 19.6 Å². The van der Waals surface area contributed by atoms with Crippen LogP contribution >= 0.6 is 0 Å². The van der Waals surface area contributed by atoms with E-state index in [1.807, 2.05) is 36.4 Å². The van der Waals surface area contributed by atoms with Crippen LogP contribution in [-0.4, -0.2) is 23.9 Å². The zero-order valence-corrected chi connectivity index (χ0v) is 14.2. The summed E-state index contributed by atoms with van der Waals surface area (Å²) < 4.78 is 11.7. The van der Waals surface area contributed by atoms with Gasteiger partial charge in [0.1, 0.15) is 12.3 Å². The number of nitrogens with one attached hydrogen (secondary N) is 2. The SMILES string of the molecule is COc1cccc(-c2n[nH]c3c2CNCC3)c1OCc1ccccc1. The van der Waals surface area contributed by atoms with Crippen LogP contribution in [0.25, 0.3) is 11.3 Å². The molecule has 0 spiro atoms. The Hall–Kier alpha value is -2.79. The molecule has 128 valence electrons. The van der Waals surface area contributed by atoms with Gasteiger partial charge in [-0.05, 0) is 17.7 Å². The second kappa shape index (κ2) is 6.99. The number of H-pyrrole nitrogens is 1. The lowest BCUT2D eigenvalue weighted by atomic mass is 10.0. The number of ether oxygens (including phenoxy) is 2. The van der Waals surface area contributed by atoms with E-state index in [2.05, 4.69) is 27.6 Å². The standard InChI is InChI=1S/C20H21N3O2/c1-24-18-9-5-8-15(19-16-12-21-11-10-17(16)22-23-19)20(18)25-13-14-6-3-2-4-7-14/h2-9,21H,10-13H2,1H3,(H,22,23). The van der Waals surface area contributed by atoms with Crippen molar-refractivity contribution >= 4 is 0 Å². The molecule has 5 heteroatoms. The molecular formula is C20H21N3O2. The van der Waals surface area contributed by atoms with Gasteiger partial charge in [-0.2, -0.15) is 5.10 Å². The Bertz CT molecular complexity index is 859. The van der Waals surface area contributed by atoms with Gasteiger partial charge in [-0.15, -0.1) is 0 Å². The minimum absolute atomic E-state index is 0.485. The van der Waals surface area contributed by atoms with E-state index in [-0.39, 0.29) is 0 Å². The topological polar surface area (TPSA) is 59.2 Å². The van der Waals surface area contributed by atoms with Gasteiger partial charge >= 0.3 is 0 Å². The highest BCUT2D eigenvalue weighted by Crippen LogP contribution is 2.40. The van der Waals surface area contributed by atoms with E-state index < -0.39 is 0 Å². The Balaban J connectivity index is 1.71. The van der Waals surface area contributed by atoms with Crippen LogP contribution in [0.4, 0.5) is 0 Å². The summed E-state index contributed by atoms with van der Waals surface area (Å²) >= 11 is 0. The molecule has 0 aliphatic carbocycles. The molecule has 3 aromatic rings. The number of fused-ring (bicyclic) bond motifs is 1. The number of aromatic nitrogens is 2. The number of nitrogens with zero attached hydrogens (tertiary/aromatic N) is 1. The third kappa shape index (κ3) is 3.10. The lowest BCUT2D eigenvalue weighted by Crippen LogP contribution is -2.23. The van der Waals surface area contributed by atoms with Gasteiger partial charge in [-0.1, -0.05) is 36.4 Å². The van der Waals surface area contributed by atoms with E-state index in [0.29, 0.717) is 12.4 Å². The summed E-state index contributed by atoms with van der Waals surface area (Å²) in [6.45, 7) is 2.28. The molecule has 2 aromatic carbocycles. The molecule has 4 rings (SSSR count). The van der Waals surface area contributed by atoms with E-state index in [0.717, 1.165) is 42.1 Å². The van der Waals surface area contributed by atoms with E-state index in [1.54, 1.807) is 7.11 Å². The van der Waals surface area contributed by atoms with Crippen LogP contribution in [0, 0.1) is 0 Å². The first kappa shape index (κ1) is 15.7. The summed E-state index contributed by atoms with van der Waals surface area (Å²) in [5.74, 6) is 1.45. The van der Waals surface area contributed by atoms with Crippen LogP contribution in [0.2, 0.25) is 0 Å². The Labute approximate surface area is 147 Å². The van der Waals surface area contributed by atoms with Crippen molar-refractivity contribution in [3.8, 4) is 22.8 Å². The molecule has 2 N–H and O–H groups in total. The van der Waals surface area contributed by atoms with Gasteiger partial charge in [0, 0.05) is 36.3 Å². The fraction of sp³-hybridized carbons (Fsp3) is 0.250. The number of aromatic amines is 1. The summed E-state index contributed by atoms with van der Waals surface area (Å²) in [4.78, 5) is 0. The normalized spacial score (nSPS) is 13.3. The van der Waals surface area contributed by atoms with Gasteiger partial charge in [0.15, 0.2) is 11.5 Å². The highest BCUT2D eigenvalue weighted by molar-refractivity contribution is 5.74. The zero-order chi connectivity index (χ0) is 17.1. The highest BCUT2D eigenvalue weighted by Gasteiger charge is 2.22. The maximum Gasteiger partial charge on any atom is 0.171 e. The van der Waals surface area contributed by atoms with Gasteiger partial charge in [0.2, 0.25) is 0 Å². The van der Waals surface area contributed by atoms with E-state index in [4.69, 9.17) is 9.47 Å². The maximum absolute atomic E-state index is 6.16. The van der Waals surface area contributed by atoms with Crippen molar-refractivity contribution in [2.75, 3.05) is 13.7 Å². The first-order chi connectivity index (χ1) is 12.4. The average Bonchev–Trinajstić information content (AvgIpc) is 3.11. The Kier molecular flexibility index (Phi) is 4.39. The third-order valence-corrected chi connectivity index (χ3v) is 4.49. The molecular weight excluding hydrogens is 314 g/mol. The van der Waals surface area contributed by atoms with Gasteiger partial charge < -0.3 is 14.8 Å². The fourth-order valence-corrected chi connectivity index (χ4v) is 3.19. The summed E-state index contributed by atoms with van der Waals surface area (Å²) in [5, 5.41) is 11.1. The second-order valence-electron chi connectivity index (χ2n) is 6.07. The first-order valence-corrected chi connectivity index (χ1v) is 8.47. The molecule has 0 fully saturated rings. The molecule has 0 bridgehead atoms. The third-order valence-electron chi connectivity index (χ3n) is 4.49. The molecule has 0 unspecified atom stereocenters. The second-order valence-corrected chi connectivity index (χ2v) is 6.07. The molecule has 0 saturated carbocycles. The van der Waals surface area contributed by atoms with Gasteiger partial charge in [-0.25, -0.2) is 0 Å². The summed E-state index contributed by atoms with van der Waals surface area (Å²) in [6, 6.07) is 16.1. The van der Waals surface area contributed by atoms with Crippen LogP contribution in [0.1, 0.15) is 16.8 Å². The summed E-state index contributed by atoms with van der Waals surface area (Å²) in [6.07, 6.45) is 0.965. The zero-order valence-electron chi connectivity index (χ0n) is 14.2. The lowest BCUT2D eigenvalue weighted by Gasteiger charge is -2.17. The molecule has 1 aliphatic rings. The minimum atomic E-state index is 0.485. The smallest absolute Gasteiger partial charge is 0.171 e. The van der Waals surface area contributed by atoms with Crippen molar-refractivity contribution in [3.63, 3.8) is 0 Å². The number of rotatable bonds is 5. The molecule has 0 atom stereocenters. The maximum atomic E-state index is 6.16. The largest absolute Gasteiger partial charge is 0.493 e. The monoisotopic (exact) mass is 335 g/mol. The lowest BCUT2D eigenvalue weighted by molar-refractivity contribution is 0.285. The van der Waals surface area contributed by atoms with Crippen molar-refractivity contribution < 1.29 is 9.47 Å². The molecule has 5 nitrogen and oxygen atoms in total. The minimum Gasteiger partial charge on any atom is -0.493 e. The molecule has 1 aliphatic heterocycles. The highest BCUT2D eigenvalue weighted by atomic mass is 16.5. The van der Waals surface area contributed by atoms with E-state index >= 15 is 0 Å². The molecule has 0 radical (unpaired) electrons. The number of methoxy groups -OCH3 is 1. The number of hydrogen-bond acceptors (Lipinski definition) is 4. The Morgan fingerprint density at radius 3 is 2.80 bits per heavy atom. The van der Waals surface area contributed by atoms with Crippen LogP contribution in [0.15, 0.2) is 48.5 Å². The Morgan fingerprint density at radius 1 is 1.08 bits per heavy atom. The molecule has 2 heterocycles. The van der Waals surface area contributed by atoms with Crippen molar-refractivity contribution in [2.45, 2.75) is 19.6 Å². The van der Waals surface area contributed by atoms with E-state index in [1.165, 1.54) is 11.3 Å². The van der Waals surface area contributed by atoms with Gasteiger partial charge in [0.25, 0.3) is 0 Å². The van der Waals surface area contributed by atoms with Crippen molar-refractivity contribution in [1.82, 2.24) is 15.5 Å². The number of hydrogen-bond donors (Lipinski definition) is 2. The number of benzene rings is 2. The molecule has 25 heavy (non-hydrogen) atoms. The predicted octanol–water partition coefficient (Wildman–Crippen LogP) is 3.31. The van der Waals surface area contributed by atoms with Gasteiger partial charge in [0.05, 0.1) is 7.11 Å². The van der Waals surface area contributed by atoms with Crippen LogP contribution < -0.4 is 14.8 Å². The van der Waals surface area contributed by atoms with Crippen molar-refractivity contribution in [2.24, 2.45) is 0 Å². The molecule has 1 aromatic heterocycles. The molecule has 0 saturated heterocycles. The van der Waals surface area contributed by atoms with Crippen LogP contribution in [0.5, 0.6) is 11.5 Å². The predicted molar refractivity (Wildman–Crippen MR) is 96.8 cm³/mol. The van der Waals surface area contributed by atoms with Crippen LogP contribution in [0.3, 0.4) is 0 Å². The Morgan fingerprint density at radius 2 is 1.96 bits per heavy atom. The summed E-state index contributed by atoms with van der Waals surface area (Å²) in [5.41, 5.74) is 5.42. The van der Waals surface area contributed by atoms with Crippen molar-refractivity contribution in [3.05, 3.63) is 65.4 Å².